The summed E-state index contributed by atoms with van der Waals surface area (Å²) in [5.41, 5.74) is 0. The number of hydrogen-bond donors (Lipinski definition) is 0. The lowest BCUT2D eigenvalue weighted by atomic mass is 10.6. The van der Waals surface area contributed by atoms with Gasteiger partial charge >= 0.3 is 0 Å². The van der Waals surface area contributed by atoms with E-state index in [4.69, 9.17) is 13.0 Å². The minimum absolute atomic E-state index is 0.0231. The molecule has 1 atom stereocenters. The van der Waals surface area contributed by atoms with Crippen LogP contribution in [0, 0.1) is 0 Å². The highest BCUT2D eigenvalue weighted by molar-refractivity contribution is 6.20. The van der Waals surface area contributed by atoms with E-state index >= 15 is 0 Å². The van der Waals surface area contributed by atoms with Crippen LogP contribution in [0.2, 0.25) is 0 Å². The Morgan fingerprint density at radius 3 is 2.50 bits per heavy atom. The van der Waals surface area contributed by atoms with Gasteiger partial charge in [-0.1, -0.05) is 0 Å². The van der Waals surface area contributed by atoms with Crippen molar-refractivity contribution in [3.05, 3.63) is 0 Å². The summed E-state index contributed by atoms with van der Waals surface area (Å²) in [5, 5.41) is 0.0231. The molecular weight excluding hydrogens is 71.5 g/mol. The summed E-state index contributed by atoms with van der Waals surface area (Å²) in [6.07, 6.45) is 0. The van der Waals surface area contributed by atoms with Crippen molar-refractivity contribution in [1.82, 2.24) is 0 Å². The van der Waals surface area contributed by atoms with Crippen LogP contribution in [0.5, 0.6) is 0 Å². The predicted molar refractivity (Wildman–Crippen MR) is 21.0 cm³/mol. The molecule has 0 aliphatic carbocycles. The quantitative estimate of drug-likeness (QED) is 0.387. The topological polar surface area (TPSA) is 0 Å². The third kappa shape index (κ3) is 45.3. The Morgan fingerprint density at radius 2 is 2.50 bits per heavy atom. The highest BCUT2D eigenvalue weighted by Gasteiger charge is 1.71. The average Bonchev–Trinajstić information content (AvgIpc) is 1.38. The van der Waals surface area contributed by atoms with Crippen LogP contribution in [0.15, 0.2) is 0 Å². The normalized spacial score (nSPS) is 19.0. The van der Waals surface area contributed by atoms with E-state index in [-0.39, 0.29) is 5.38 Å². The Kier molecular flexibility index (Phi) is 1.01. The molecule has 0 aromatic rings. The maximum Gasteiger partial charge on any atom is 0.0279 e. The second kappa shape index (κ2) is 1.59. The molecule has 0 nitrogen and oxygen atoms in total. The van der Waals surface area contributed by atoms with Crippen molar-refractivity contribution in [3.63, 3.8) is 0 Å². The monoisotopic (exact) mass is 79.0 g/mol. The molecule has 4 heavy (non-hydrogen) atoms. The summed E-state index contributed by atoms with van der Waals surface area (Å²) >= 11 is 5.27. The van der Waals surface area contributed by atoms with Crippen molar-refractivity contribution in [3.8, 4) is 0 Å². The second-order valence-electron chi connectivity index (χ2n) is 0.781. The SMILES string of the molecule is [2H]CC(C)Cl. The van der Waals surface area contributed by atoms with E-state index in [2.05, 4.69) is 0 Å². The fourth-order valence-corrected chi connectivity index (χ4v) is 0. The fourth-order valence-electron chi connectivity index (χ4n) is 0. The van der Waals surface area contributed by atoms with Crippen molar-refractivity contribution in [1.29, 1.82) is 0 Å². The zero-order chi connectivity index (χ0) is 4.28. The van der Waals surface area contributed by atoms with Gasteiger partial charge in [0, 0.05) is 6.75 Å². The summed E-state index contributed by atoms with van der Waals surface area (Å²) < 4.78 is 6.53. The number of halogens is 1. The van der Waals surface area contributed by atoms with Crippen LogP contribution in [-0.2, 0) is 0 Å². The van der Waals surface area contributed by atoms with Gasteiger partial charge in [0.05, 0.1) is 0 Å². The van der Waals surface area contributed by atoms with E-state index < -0.39 is 0 Å². The van der Waals surface area contributed by atoms with E-state index in [1.807, 2.05) is 0 Å². The second-order valence-corrected chi connectivity index (χ2v) is 1.53. The van der Waals surface area contributed by atoms with Gasteiger partial charge < -0.3 is 0 Å². The van der Waals surface area contributed by atoms with E-state index in [9.17, 15) is 0 Å². The van der Waals surface area contributed by atoms with Crippen molar-refractivity contribution >= 4 is 11.6 Å². The summed E-state index contributed by atoms with van der Waals surface area (Å²) in [6, 6.07) is 0. The standard InChI is InChI=1S/C3H7Cl/c1-3(2)4/h3H,1-2H3/i1D. The van der Waals surface area contributed by atoms with Crippen LogP contribution in [0.3, 0.4) is 0 Å². The molecule has 0 N–H and O–H groups in total. The van der Waals surface area contributed by atoms with Crippen molar-refractivity contribution < 1.29 is 1.37 Å². The molecule has 0 spiro atoms. The third-order valence-corrected chi connectivity index (χ3v) is 0. The first-order valence-electron chi connectivity index (χ1n) is 1.91. The fraction of sp³-hybridized carbons (Fsp3) is 1.00. The van der Waals surface area contributed by atoms with Crippen molar-refractivity contribution in [2.24, 2.45) is 0 Å². The number of hydrogen-bond acceptors (Lipinski definition) is 0. The molecule has 0 aliphatic heterocycles. The molecule has 0 bridgehead atoms. The molecule has 1 unspecified atom stereocenters. The lowest BCUT2D eigenvalue weighted by molar-refractivity contribution is 1.10. The minimum Gasteiger partial charge on any atom is -0.124 e. The molecule has 0 radical (unpaired) electrons. The molecule has 0 saturated heterocycles. The zero-order valence-corrected chi connectivity index (χ0v) is 3.42. The first kappa shape index (κ1) is 2.52. The van der Waals surface area contributed by atoms with Gasteiger partial charge in [0.25, 0.3) is 0 Å². The van der Waals surface area contributed by atoms with Crippen LogP contribution in [-0.4, -0.2) is 5.38 Å². The van der Waals surface area contributed by atoms with Gasteiger partial charge in [-0.25, -0.2) is 0 Å². The number of rotatable bonds is 0. The van der Waals surface area contributed by atoms with Crippen LogP contribution in [0.25, 0.3) is 0 Å². The smallest absolute Gasteiger partial charge is 0.0279 e. The summed E-state index contributed by atoms with van der Waals surface area (Å²) in [4.78, 5) is 0. The number of alkyl halides is 1. The Hall–Kier alpha value is 0.290. The van der Waals surface area contributed by atoms with Crippen LogP contribution < -0.4 is 0 Å². The highest BCUT2D eigenvalue weighted by atomic mass is 35.5. The molecule has 0 fully saturated rings. The summed E-state index contributed by atoms with van der Waals surface area (Å²) in [6.45, 7) is 2.12. The summed E-state index contributed by atoms with van der Waals surface area (Å²) in [7, 11) is 0. The van der Waals surface area contributed by atoms with E-state index in [1.54, 1.807) is 6.92 Å². The van der Waals surface area contributed by atoms with E-state index in [0.29, 0.717) is 6.90 Å². The van der Waals surface area contributed by atoms with Crippen molar-refractivity contribution in [2.45, 2.75) is 19.2 Å². The molecule has 0 saturated carbocycles. The molecule has 0 heterocycles. The minimum atomic E-state index is 0.0231. The zero-order valence-electron chi connectivity index (χ0n) is 3.66. The average molecular weight is 79.5 g/mol. The molecule has 26 valence electrons. The van der Waals surface area contributed by atoms with Gasteiger partial charge in [-0.2, -0.15) is 0 Å². The van der Waals surface area contributed by atoms with Crippen LogP contribution in [0.1, 0.15) is 15.2 Å². The Balaban J connectivity index is 2.54. The molecule has 1 heteroatoms. The Morgan fingerprint density at radius 1 is 2.25 bits per heavy atom. The first-order chi connectivity index (χ1) is 2.27. The van der Waals surface area contributed by atoms with Gasteiger partial charge in [0.1, 0.15) is 0 Å². The lowest BCUT2D eigenvalue weighted by Crippen LogP contribution is -1.70. The molecule has 0 amide bonds. The Labute approximate surface area is 33.2 Å². The highest BCUT2D eigenvalue weighted by Crippen LogP contribution is 1.84. The largest absolute Gasteiger partial charge is 0.124 e. The maximum atomic E-state index is 6.53. The van der Waals surface area contributed by atoms with Gasteiger partial charge in [-0.15, -0.1) is 11.6 Å². The third-order valence-electron chi connectivity index (χ3n) is 0. The van der Waals surface area contributed by atoms with Gasteiger partial charge in [-0.3, -0.25) is 0 Å². The summed E-state index contributed by atoms with van der Waals surface area (Å²) in [5.74, 6) is 0. The molecule has 0 aromatic heterocycles. The van der Waals surface area contributed by atoms with E-state index in [1.165, 1.54) is 0 Å². The molecule has 0 rings (SSSR count). The Bertz CT molecular complexity index is 20.9. The van der Waals surface area contributed by atoms with Gasteiger partial charge in [0.2, 0.25) is 0 Å². The molecule has 0 aliphatic rings. The van der Waals surface area contributed by atoms with Crippen molar-refractivity contribution in [2.75, 3.05) is 0 Å². The molecular formula is C3H7Cl. The van der Waals surface area contributed by atoms with Crippen LogP contribution in [0.4, 0.5) is 0 Å². The van der Waals surface area contributed by atoms with E-state index in [0.717, 1.165) is 0 Å². The maximum absolute atomic E-state index is 6.53. The van der Waals surface area contributed by atoms with Gasteiger partial charge in [0.15, 0.2) is 0 Å². The molecule has 0 aromatic carbocycles. The predicted octanol–water partition coefficient (Wildman–Crippen LogP) is 1.63. The first-order valence-corrected chi connectivity index (χ1v) is 1.64. The van der Waals surface area contributed by atoms with Crippen LogP contribution >= 0.6 is 11.6 Å². The lowest BCUT2D eigenvalue weighted by Gasteiger charge is -1.76. The van der Waals surface area contributed by atoms with Gasteiger partial charge in [-0.05, 0) is 13.8 Å².